The molecule has 0 saturated heterocycles. The summed E-state index contributed by atoms with van der Waals surface area (Å²) < 4.78 is 5.35. The molecule has 0 fully saturated rings. The highest BCUT2D eigenvalue weighted by atomic mass is 16.5. The van der Waals surface area contributed by atoms with Crippen LogP contribution in [0.5, 0.6) is 0 Å². The average molecular weight is 141 g/mol. The Kier molecular flexibility index (Phi) is 2.72. The second kappa shape index (κ2) is 3.59. The largest absolute Gasteiger partial charge is 0.481 e. The van der Waals surface area contributed by atoms with Crippen molar-refractivity contribution in [3.63, 3.8) is 0 Å². The van der Waals surface area contributed by atoms with E-state index in [-0.39, 0.29) is 0 Å². The molecule has 58 valence electrons. The van der Waals surface area contributed by atoms with E-state index >= 15 is 0 Å². The minimum Gasteiger partial charge on any atom is -0.481 e. The minimum atomic E-state index is 0.550. The molecule has 0 aromatic carbocycles. The van der Waals surface area contributed by atoms with Gasteiger partial charge in [-0.25, -0.2) is 0 Å². The van der Waals surface area contributed by atoms with Crippen LogP contribution in [0.15, 0.2) is 4.99 Å². The maximum absolute atomic E-state index is 5.35. The van der Waals surface area contributed by atoms with E-state index in [1.54, 1.807) is 0 Å². The summed E-state index contributed by atoms with van der Waals surface area (Å²) in [5, 5.41) is 0. The quantitative estimate of drug-likeness (QED) is 0.546. The molecule has 10 heavy (non-hydrogen) atoms. The molecule has 1 heterocycles. The van der Waals surface area contributed by atoms with Crippen LogP contribution in [0.1, 0.15) is 26.7 Å². The lowest BCUT2D eigenvalue weighted by Gasteiger charge is -2.18. The first-order valence-electron chi connectivity index (χ1n) is 4.01. The molecule has 1 unspecified atom stereocenters. The lowest BCUT2D eigenvalue weighted by Crippen LogP contribution is -2.19. The van der Waals surface area contributed by atoms with E-state index in [1.807, 2.05) is 6.92 Å². The van der Waals surface area contributed by atoms with Gasteiger partial charge in [0.1, 0.15) is 0 Å². The number of ether oxygens (including phenoxy) is 1. The number of hydrogen-bond donors (Lipinski definition) is 0. The monoisotopic (exact) mass is 141 g/mol. The van der Waals surface area contributed by atoms with Crippen molar-refractivity contribution in [2.75, 3.05) is 13.2 Å². The maximum Gasteiger partial charge on any atom is 0.186 e. The van der Waals surface area contributed by atoms with Gasteiger partial charge in [-0.1, -0.05) is 6.92 Å². The van der Waals surface area contributed by atoms with Crippen LogP contribution >= 0.6 is 0 Å². The fourth-order valence-corrected chi connectivity index (χ4v) is 1.20. The second-order valence-corrected chi connectivity index (χ2v) is 2.70. The van der Waals surface area contributed by atoms with E-state index in [4.69, 9.17) is 4.74 Å². The summed E-state index contributed by atoms with van der Waals surface area (Å²) in [6.07, 6.45) is 2.45. The van der Waals surface area contributed by atoms with Crippen molar-refractivity contribution in [1.29, 1.82) is 0 Å². The standard InChI is InChI=1S/C8H15NO/c1-3-10-8-7(2)5-4-6-9-8/h7H,3-6H2,1-2H3. The highest BCUT2D eigenvalue weighted by molar-refractivity contribution is 5.78. The number of hydrogen-bond acceptors (Lipinski definition) is 2. The van der Waals surface area contributed by atoms with Crippen LogP contribution < -0.4 is 0 Å². The van der Waals surface area contributed by atoms with Crippen LogP contribution in [-0.2, 0) is 4.74 Å². The molecular weight excluding hydrogens is 126 g/mol. The van der Waals surface area contributed by atoms with E-state index in [0.717, 1.165) is 19.0 Å². The Morgan fingerprint density at radius 2 is 2.50 bits per heavy atom. The summed E-state index contributed by atoms with van der Waals surface area (Å²) in [5.74, 6) is 1.52. The first kappa shape index (κ1) is 7.58. The third kappa shape index (κ3) is 1.72. The summed E-state index contributed by atoms with van der Waals surface area (Å²) in [6.45, 7) is 5.89. The van der Waals surface area contributed by atoms with Gasteiger partial charge in [0.25, 0.3) is 0 Å². The summed E-state index contributed by atoms with van der Waals surface area (Å²) in [7, 11) is 0. The van der Waals surface area contributed by atoms with Crippen molar-refractivity contribution in [3.8, 4) is 0 Å². The fraction of sp³-hybridized carbons (Fsp3) is 0.875. The zero-order valence-electron chi connectivity index (χ0n) is 6.76. The third-order valence-electron chi connectivity index (χ3n) is 1.78. The van der Waals surface area contributed by atoms with Crippen molar-refractivity contribution in [2.45, 2.75) is 26.7 Å². The van der Waals surface area contributed by atoms with Crippen molar-refractivity contribution in [2.24, 2.45) is 10.9 Å². The summed E-state index contributed by atoms with van der Waals surface area (Å²) in [5.41, 5.74) is 0. The predicted octanol–water partition coefficient (Wildman–Crippen LogP) is 1.85. The topological polar surface area (TPSA) is 21.6 Å². The van der Waals surface area contributed by atoms with E-state index in [0.29, 0.717) is 5.92 Å². The first-order chi connectivity index (χ1) is 4.84. The zero-order valence-corrected chi connectivity index (χ0v) is 6.76. The average Bonchev–Trinajstić information content (AvgIpc) is 1.94. The molecule has 0 aliphatic carbocycles. The lowest BCUT2D eigenvalue weighted by molar-refractivity contribution is 0.291. The molecule has 0 spiro atoms. The van der Waals surface area contributed by atoms with Crippen LogP contribution in [0.3, 0.4) is 0 Å². The highest BCUT2D eigenvalue weighted by Crippen LogP contribution is 2.14. The Bertz CT molecular complexity index is 131. The number of rotatable bonds is 1. The van der Waals surface area contributed by atoms with E-state index in [1.165, 1.54) is 12.8 Å². The summed E-state index contributed by atoms with van der Waals surface area (Å²) in [4.78, 5) is 4.29. The van der Waals surface area contributed by atoms with E-state index in [2.05, 4.69) is 11.9 Å². The molecule has 2 nitrogen and oxygen atoms in total. The Labute approximate surface area is 62.3 Å². The van der Waals surface area contributed by atoms with Crippen LogP contribution in [0.25, 0.3) is 0 Å². The SMILES string of the molecule is CCOC1=NCCCC1C. The van der Waals surface area contributed by atoms with Gasteiger partial charge in [0.15, 0.2) is 5.90 Å². The fourth-order valence-electron chi connectivity index (χ4n) is 1.20. The van der Waals surface area contributed by atoms with Gasteiger partial charge in [0, 0.05) is 12.5 Å². The normalized spacial score (nSPS) is 25.8. The van der Waals surface area contributed by atoms with Crippen LogP contribution in [0, 0.1) is 5.92 Å². The van der Waals surface area contributed by atoms with Crippen molar-refractivity contribution >= 4 is 5.90 Å². The van der Waals surface area contributed by atoms with Gasteiger partial charge in [-0.3, -0.25) is 4.99 Å². The molecule has 0 N–H and O–H groups in total. The molecule has 0 saturated carbocycles. The van der Waals surface area contributed by atoms with Gasteiger partial charge in [0.2, 0.25) is 0 Å². The van der Waals surface area contributed by atoms with Crippen LogP contribution in [0.4, 0.5) is 0 Å². The van der Waals surface area contributed by atoms with E-state index in [9.17, 15) is 0 Å². The molecule has 1 aliphatic rings. The Hall–Kier alpha value is -0.530. The van der Waals surface area contributed by atoms with Crippen molar-refractivity contribution in [3.05, 3.63) is 0 Å². The summed E-state index contributed by atoms with van der Waals surface area (Å²) in [6, 6.07) is 0. The third-order valence-corrected chi connectivity index (χ3v) is 1.78. The van der Waals surface area contributed by atoms with Crippen molar-refractivity contribution in [1.82, 2.24) is 0 Å². The molecule has 2 heteroatoms. The predicted molar refractivity (Wildman–Crippen MR) is 42.3 cm³/mol. The molecule has 1 atom stereocenters. The van der Waals surface area contributed by atoms with Gasteiger partial charge < -0.3 is 4.74 Å². The van der Waals surface area contributed by atoms with Crippen LogP contribution in [-0.4, -0.2) is 19.0 Å². The minimum absolute atomic E-state index is 0.550. The van der Waals surface area contributed by atoms with Gasteiger partial charge in [0.05, 0.1) is 6.61 Å². The number of nitrogens with zero attached hydrogens (tertiary/aromatic N) is 1. The molecular formula is C8H15NO. The summed E-state index contributed by atoms with van der Waals surface area (Å²) >= 11 is 0. The number of aliphatic imine (C=N–C) groups is 1. The highest BCUT2D eigenvalue weighted by Gasteiger charge is 2.14. The van der Waals surface area contributed by atoms with Gasteiger partial charge in [-0.05, 0) is 19.8 Å². The van der Waals surface area contributed by atoms with Gasteiger partial charge in [-0.15, -0.1) is 0 Å². The Morgan fingerprint density at radius 3 is 3.10 bits per heavy atom. The zero-order chi connectivity index (χ0) is 7.40. The van der Waals surface area contributed by atoms with Gasteiger partial charge >= 0.3 is 0 Å². The molecule has 1 aliphatic heterocycles. The molecule has 0 amide bonds. The molecule has 0 aromatic rings. The molecule has 0 bridgehead atoms. The Balaban J connectivity index is 2.44. The maximum atomic E-state index is 5.35. The molecule has 1 rings (SSSR count). The van der Waals surface area contributed by atoms with Crippen LogP contribution in [0.2, 0.25) is 0 Å². The first-order valence-corrected chi connectivity index (χ1v) is 4.01. The smallest absolute Gasteiger partial charge is 0.186 e. The lowest BCUT2D eigenvalue weighted by atomic mass is 10.0. The second-order valence-electron chi connectivity index (χ2n) is 2.70. The Morgan fingerprint density at radius 1 is 1.70 bits per heavy atom. The van der Waals surface area contributed by atoms with Crippen molar-refractivity contribution < 1.29 is 4.74 Å². The van der Waals surface area contributed by atoms with Gasteiger partial charge in [-0.2, -0.15) is 0 Å². The molecule has 0 aromatic heterocycles. The molecule has 0 radical (unpaired) electrons. The van der Waals surface area contributed by atoms with E-state index < -0.39 is 0 Å².